The van der Waals surface area contributed by atoms with Crippen LogP contribution in [0.25, 0.3) is 0 Å². The molecule has 0 aliphatic carbocycles. The van der Waals surface area contributed by atoms with Crippen LogP contribution >= 0.6 is 27.3 Å². The molecular weight excluding hydrogens is 266 g/mol. The number of hydrogen-bond donors (Lipinski definition) is 1. The fourth-order valence-electron chi connectivity index (χ4n) is 1.08. The number of hydrogen-bond acceptors (Lipinski definition) is 4. The number of ketones is 1. The summed E-state index contributed by atoms with van der Waals surface area (Å²) in [7, 11) is 1.58. The van der Waals surface area contributed by atoms with Gasteiger partial charge in [0, 0.05) is 19.6 Å². The van der Waals surface area contributed by atoms with Gasteiger partial charge < -0.3 is 10.5 Å². The maximum Gasteiger partial charge on any atom is 0.174 e. The van der Waals surface area contributed by atoms with Crippen molar-refractivity contribution in [2.24, 2.45) is 5.73 Å². The molecule has 0 bridgehead atoms. The summed E-state index contributed by atoms with van der Waals surface area (Å²) in [5.41, 5.74) is 5.68. The Hall–Kier alpha value is -0.230. The van der Waals surface area contributed by atoms with Gasteiger partial charge in [0.15, 0.2) is 5.78 Å². The van der Waals surface area contributed by atoms with Gasteiger partial charge in [-0.2, -0.15) is 0 Å². The van der Waals surface area contributed by atoms with Crippen LogP contribution in [0.5, 0.6) is 0 Å². The molecule has 0 aromatic carbocycles. The van der Waals surface area contributed by atoms with E-state index in [2.05, 4.69) is 15.9 Å². The second-order valence-corrected chi connectivity index (χ2v) is 5.41. The predicted molar refractivity (Wildman–Crippen MR) is 60.8 cm³/mol. The third kappa shape index (κ3) is 3.49. The highest BCUT2D eigenvalue weighted by molar-refractivity contribution is 9.11. The standard InChI is InChI=1S/C9H12BrNO2S/c1-13-5-6(11)4-7(12)8-2-3-9(10)14-8/h2-3,6H,4-5,11H2,1H3. The van der Waals surface area contributed by atoms with Gasteiger partial charge in [0.05, 0.1) is 15.3 Å². The summed E-state index contributed by atoms with van der Waals surface area (Å²) in [6.45, 7) is 0.415. The maximum absolute atomic E-state index is 11.6. The van der Waals surface area contributed by atoms with E-state index >= 15 is 0 Å². The first kappa shape index (κ1) is 11.8. The van der Waals surface area contributed by atoms with Crippen molar-refractivity contribution in [2.45, 2.75) is 12.5 Å². The van der Waals surface area contributed by atoms with Crippen molar-refractivity contribution in [1.29, 1.82) is 0 Å². The monoisotopic (exact) mass is 277 g/mol. The Bertz CT molecular complexity index is 314. The van der Waals surface area contributed by atoms with Crippen LogP contribution in [0.1, 0.15) is 16.1 Å². The van der Waals surface area contributed by atoms with Crippen molar-refractivity contribution in [3.63, 3.8) is 0 Å². The lowest BCUT2D eigenvalue weighted by Crippen LogP contribution is -2.28. The van der Waals surface area contributed by atoms with Gasteiger partial charge in [0.25, 0.3) is 0 Å². The molecule has 1 aromatic rings. The lowest BCUT2D eigenvalue weighted by Gasteiger charge is -2.07. The molecule has 0 amide bonds. The summed E-state index contributed by atoms with van der Waals surface area (Å²) in [5.74, 6) is 0.0743. The molecule has 78 valence electrons. The van der Waals surface area contributed by atoms with E-state index in [1.54, 1.807) is 13.2 Å². The van der Waals surface area contributed by atoms with Crippen molar-refractivity contribution in [1.82, 2.24) is 0 Å². The third-order valence-electron chi connectivity index (χ3n) is 1.68. The summed E-state index contributed by atoms with van der Waals surface area (Å²) in [6.07, 6.45) is 0.334. The van der Waals surface area contributed by atoms with Crippen LogP contribution in [-0.4, -0.2) is 25.5 Å². The first-order valence-corrected chi connectivity index (χ1v) is 5.77. The molecule has 0 aliphatic rings. The molecule has 0 saturated carbocycles. The van der Waals surface area contributed by atoms with E-state index in [1.807, 2.05) is 6.07 Å². The SMILES string of the molecule is COCC(N)CC(=O)c1ccc(Br)s1. The van der Waals surface area contributed by atoms with E-state index in [0.29, 0.717) is 13.0 Å². The van der Waals surface area contributed by atoms with Crippen LogP contribution in [0, 0.1) is 0 Å². The van der Waals surface area contributed by atoms with Crippen molar-refractivity contribution in [3.8, 4) is 0 Å². The highest BCUT2D eigenvalue weighted by atomic mass is 79.9. The van der Waals surface area contributed by atoms with Crippen molar-refractivity contribution in [2.75, 3.05) is 13.7 Å². The van der Waals surface area contributed by atoms with Crippen LogP contribution in [0.4, 0.5) is 0 Å². The smallest absolute Gasteiger partial charge is 0.174 e. The Kier molecular flexibility index (Phi) is 4.74. The van der Waals surface area contributed by atoms with Crippen LogP contribution < -0.4 is 5.73 Å². The highest BCUT2D eigenvalue weighted by Crippen LogP contribution is 2.23. The second-order valence-electron chi connectivity index (χ2n) is 2.95. The van der Waals surface area contributed by atoms with Crippen LogP contribution in [0.15, 0.2) is 15.9 Å². The second kappa shape index (κ2) is 5.60. The Labute approximate surface area is 95.4 Å². The minimum atomic E-state index is -0.214. The Morgan fingerprint density at radius 3 is 2.93 bits per heavy atom. The largest absolute Gasteiger partial charge is 0.383 e. The van der Waals surface area contributed by atoms with E-state index in [9.17, 15) is 4.79 Å². The number of thiophene rings is 1. The number of Topliss-reactive ketones (excluding diaryl/α,β-unsaturated/α-hetero) is 1. The Balaban J connectivity index is 2.50. The molecular formula is C9H12BrNO2S. The maximum atomic E-state index is 11.6. The van der Waals surface area contributed by atoms with Gasteiger partial charge in [-0.05, 0) is 28.1 Å². The minimum absolute atomic E-state index is 0.0743. The quantitative estimate of drug-likeness (QED) is 0.839. The summed E-state index contributed by atoms with van der Waals surface area (Å²) in [6, 6.07) is 3.45. The fraction of sp³-hybridized carbons (Fsp3) is 0.444. The molecule has 1 heterocycles. The molecule has 1 rings (SSSR count). The lowest BCUT2D eigenvalue weighted by molar-refractivity contribution is 0.0953. The lowest BCUT2D eigenvalue weighted by atomic mass is 10.1. The number of carbonyl (C=O) groups excluding carboxylic acids is 1. The van der Waals surface area contributed by atoms with Gasteiger partial charge in [-0.25, -0.2) is 0 Å². The molecule has 1 atom stereocenters. The Morgan fingerprint density at radius 1 is 1.71 bits per heavy atom. The first-order chi connectivity index (χ1) is 6.63. The van der Waals surface area contributed by atoms with E-state index in [1.165, 1.54) is 11.3 Å². The van der Waals surface area contributed by atoms with Gasteiger partial charge in [0.1, 0.15) is 0 Å². The summed E-state index contributed by atoms with van der Waals surface area (Å²) in [5, 5.41) is 0. The normalized spacial score (nSPS) is 12.8. The van der Waals surface area contributed by atoms with Crippen LogP contribution in [-0.2, 0) is 4.74 Å². The predicted octanol–water partition coefficient (Wildman–Crippen LogP) is 2.06. The number of ether oxygens (including phenoxy) is 1. The molecule has 5 heteroatoms. The van der Waals surface area contributed by atoms with Crippen molar-refractivity contribution in [3.05, 3.63) is 20.8 Å². The number of halogens is 1. The number of rotatable bonds is 5. The van der Waals surface area contributed by atoms with Gasteiger partial charge in [-0.15, -0.1) is 11.3 Å². The minimum Gasteiger partial charge on any atom is -0.383 e. The molecule has 1 unspecified atom stereocenters. The average molecular weight is 278 g/mol. The zero-order valence-corrected chi connectivity index (χ0v) is 10.2. The average Bonchev–Trinajstić information content (AvgIpc) is 2.52. The number of nitrogens with two attached hydrogens (primary N) is 1. The van der Waals surface area contributed by atoms with Crippen molar-refractivity contribution < 1.29 is 9.53 Å². The molecule has 2 N–H and O–H groups in total. The van der Waals surface area contributed by atoms with Gasteiger partial charge in [-0.1, -0.05) is 0 Å². The summed E-state index contributed by atoms with van der Waals surface area (Å²) in [4.78, 5) is 12.3. The molecule has 3 nitrogen and oxygen atoms in total. The van der Waals surface area contributed by atoms with Crippen molar-refractivity contribution >= 4 is 33.0 Å². The summed E-state index contributed by atoms with van der Waals surface area (Å²) >= 11 is 4.73. The zero-order valence-electron chi connectivity index (χ0n) is 7.83. The molecule has 0 radical (unpaired) electrons. The van der Waals surface area contributed by atoms with Crippen LogP contribution in [0.2, 0.25) is 0 Å². The van der Waals surface area contributed by atoms with Gasteiger partial charge >= 0.3 is 0 Å². The molecule has 0 aliphatic heterocycles. The highest BCUT2D eigenvalue weighted by Gasteiger charge is 2.13. The van der Waals surface area contributed by atoms with Gasteiger partial charge in [-0.3, -0.25) is 4.79 Å². The fourth-order valence-corrected chi connectivity index (χ4v) is 2.41. The summed E-state index contributed by atoms with van der Waals surface area (Å²) < 4.78 is 5.82. The molecule has 0 spiro atoms. The topological polar surface area (TPSA) is 52.3 Å². The Morgan fingerprint density at radius 2 is 2.43 bits per heavy atom. The molecule has 14 heavy (non-hydrogen) atoms. The van der Waals surface area contributed by atoms with E-state index in [0.717, 1.165) is 8.66 Å². The molecule has 0 saturated heterocycles. The van der Waals surface area contributed by atoms with Gasteiger partial charge in [0.2, 0.25) is 0 Å². The first-order valence-electron chi connectivity index (χ1n) is 4.16. The molecule has 0 fully saturated rings. The van der Waals surface area contributed by atoms with E-state index in [4.69, 9.17) is 10.5 Å². The third-order valence-corrected chi connectivity index (χ3v) is 3.34. The number of methoxy groups -OCH3 is 1. The number of carbonyl (C=O) groups is 1. The zero-order chi connectivity index (χ0) is 10.6. The van der Waals surface area contributed by atoms with Crippen LogP contribution in [0.3, 0.4) is 0 Å². The van der Waals surface area contributed by atoms with E-state index in [-0.39, 0.29) is 11.8 Å². The van der Waals surface area contributed by atoms with E-state index < -0.39 is 0 Å². The molecule has 1 aromatic heterocycles.